The van der Waals surface area contributed by atoms with Gasteiger partial charge in [-0.3, -0.25) is 4.79 Å². The molecule has 0 saturated heterocycles. The molecule has 0 spiro atoms. The summed E-state index contributed by atoms with van der Waals surface area (Å²) in [5, 5.41) is 3.18. The van der Waals surface area contributed by atoms with Gasteiger partial charge >= 0.3 is 0 Å². The van der Waals surface area contributed by atoms with Crippen molar-refractivity contribution < 1.29 is 4.79 Å². The van der Waals surface area contributed by atoms with Crippen LogP contribution < -0.4 is 5.32 Å². The minimum atomic E-state index is -0.0468. The molecule has 94 valence electrons. The Morgan fingerprint density at radius 1 is 1.44 bits per heavy atom. The second kappa shape index (κ2) is 6.63. The maximum Gasteiger partial charge on any atom is 0.234 e. The molecule has 3 atom stereocenters. The van der Waals surface area contributed by atoms with E-state index in [0.717, 1.165) is 12.3 Å². The van der Waals surface area contributed by atoms with Crippen molar-refractivity contribution in [2.24, 2.45) is 11.8 Å². The number of amides is 1. The number of carbonyl (C=O) groups excluding carboxylic acids is 1. The molecule has 16 heavy (non-hydrogen) atoms. The molecule has 1 aliphatic carbocycles. The molecule has 0 heterocycles. The van der Waals surface area contributed by atoms with Crippen molar-refractivity contribution in [3.8, 4) is 0 Å². The molecule has 1 amide bonds. The number of alkyl halides is 1. The molecule has 1 aliphatic rings. The summed E-state index contributed by atoms with van der Waals surface area (Å²) in [6.45, 7) is 6.37. The molecule has 2 nitrogen and oxygen atoms in total. The van der Waals surface area contributed by atoms with Gasteiger partial charge in [-0.2, -0.15) is 0 Å². The number of rotatable bonds is 4. The summed E-state index contributed by atoms with van der Waals surface area (Å²) >= 11 is 3.45. The topological polar surface area (TPSA) is 29.1 Å². The van der Waals surface area contributed by atoms with E-state index in [1.54, 1.807) is 0 Å². The lowest BCUT2D eigenvalue weighted by molar-refractivity contribution is -0.122. The van der Waals surface area contributed by atoms with Gasteiger partial charge in [-0.1, -0.05) is 56.0 Å². The summed E-state index contributed by atoms with van der Waals surface area (Å²) in [5.74, 6) is 1.33. The molecule has 0 aromatic heterocycles. The van der Waals surface area contributed by atoms with Crippen LogP contribution in [0, 0.1) is 11.8 Å². The average molecular weight is 290 g/mol. The first-order chi connectivity index (χ1) is 7.54. The van der Waals surface area contributed by atoms with Crippen LogP contribution in [0.1, 0.15) is 52.9 Å². The van der Waals surface area contributed by atoms with E-state index >= 15 is 0 Å². The average Bonchev–Trinajstić information content (AvgIpc) is 2.28. The Bertz CT molecular complexity index is 230. The van der Waals surface area contributed by atoms with E-state index in [1.165, 1.54) is 25.7 Å². The third kappa shape index (κ3) is 4.08. The zero-order valence-electron chi connectivity index (χ0n) is 10.6. The molecule has 3 heteroatoms. The first-order valence-corrected chi connectivity index (χ1v) is 7.40. The summed E-state index contributed by atoms with van der Waals surface area (Å²) in [7, 11) is 0. The number of halogens is 1. The van der Waals surface area contributed by atoms with Crippen LogP contribution >= 0.6 is 15.9 Å². The molecule has 1 rings (SSSR count). The van der Waals surface area contributed by atoms with Gasteiger partial charge in [0.1, 0.15) is 0 Å². The second-order valence-corrected chi connectivity index (χ2v) is 6.28. The van der Waals surface area contributed by atoms with Crippen molar-refractivity contribution in [3.63, 3.8) is 0 Å². The third-order valence-corrected chi connectivity index (χ3v) is 5.02. The lowest BCUT2D eigenvalue weighted by atomic mass is 9.84. The summed E-state index contributed by atoms with van der Waals surface area (Å²) in [6.07, 6.45) is 6.16. The molecule has 0 aliphatic heterocycles. The molecule has 3 unspecified atom stereocenters. The van der Waals surface area contributed by atoms with Crippen molar-refractivity contribution in [1.29, 1.82) is 0 Å². The SMILES string of the molecule is CCC1CCCC(NC(=O)C(Br)C(C)C)C1. The van der Waals surface area contributed by atoms with E-state index < -0.39 is 0 Å². The van der Waals surface area contributed by atoms with Crippen molar-refractivity contribution in [2.45, 2.75) is 63.7 Å². The molecule has 1 fully saturated rings. The van der Waals surface area contributed by atoms with Crippen molar-refractivity contribution >= 4 is 21.8 Å². The first kappa shape index (κ1) is 14.0. The Kier molecular flexibility index (Phi) is 5.81. The Balaban J connectivity index is 2.38. The lowest BCUT2D eigenvalue weighted by Crippen LogP contribution is -2.43. The second-order valence-electron chi connectivity index (χ2n) is 5.29. The van der Waals surface area contributed by atoms with E-state index in [-0.39, 0.29) is 10.7 Å². The zero-order chi connectivity index (χ0) is 12.1. The van der Waals surface area contributed by atoms with Gasteiger partial charge in [-0.15, -0.1) is 0 Å². The fourth-order valence-electron chi connectivity index (χ4n) is 2.38. The highest BCUT2D eigenvalue weighted by molar-refractivity contribution is 9.10. The molecule has 1 saturated carbocycles. The van der Waals surface area contributed by atoms with Gasteiger partial charge in [0.15, 0.2) is 0 Å². The molecule has 0 aromatic rings. The van der Waals surface area contributed by atoms with Crippen LogP contribution in [-0.4, -0.2) is 16.8 Å². The Hall–Kier alpha value is -0.0500. The Labute approximate surface area is 108 Å². The van der Waals surface area contributed by atoms with Crippen LogP contribution in [0.2, 0.25) is 0 Å². The predicted molar refractivity (Wildman–Crippen MR) is 71.7 cm³/mol. The number of hydrogen-bond acceptors (Lipinski definition) is 1. The van der Waals surface area contributed by atoms with Gasteiger partial charge in [-0.25, -0.2) is 0 Å². The quantitative estimate of drug-likeness (QED) is 0.789. The number of carbonyl (C=O) groups is 1. The third-order valence-electron chi connectivity index (χ3n) is 3.54. The maximum absolute atomic E-state index is 11.9. The highest BCUT2D eigenvalue weighted by Crippen LogP contribution is 2.27. The fraction of sp³-hybridized carbons (Fsp3) is 0.923. The summed E-state index contributed by atoms with van der Waals surface area (Å²) in [4.78, 5) is 11.8. The van der Waals surface area contributed by atoms with Crippen LogP contribution in [0.15, 0.2) is 0 Å². The van der Waals surface area contributed by atoms with Gasteiger partial charge in [0, 0.05) is 6.04 Å². The van der Waals surface area contributed by atoms with E-state index in [2.05, 4.69) is 42.0 Å². The van der Waals surface area contributed by atoms with Crippen LogP contribution in [0.5, 0.6) is 0 Å². The fourth-order valence-corrected chi connectivity index (χ4v) is 2.51. The molecule has 1 N–H and O–H groups in total. The van der Waals surface area contributed by atoms with E-state index in [4.69, 9.17) is 0 Å². The van der Waals surface area contributed by atoms with Gasteiger partial charge in [0.2, 0.25) is 5.91 Å². The highest BCUT2D eigenvalue weighted by atomic mass is 79.9. The summed E-state index contributed by atoms with van der Waals surface area (Å²) < 4.78 is 0. The van der Waals surface area contributed by atoms with Crippen molar-refractivity contribution in [3.05, 3.63) is 0 Å². The molecule has 0 aromatic carbocycles. The normalized spacial score (nSPS) is 27.8. The lowest BCUT2D eigenvalue weighted by Gasteiger charge is -2.30. The first-order valence-electron chi connectivity index (χ1n) is 6.49. The largest absolute Gasteiger partial charge is 0.352 e. The van der Waals surface area contributed by atoms with E-state index in [1.807, 2.05) is 0 Å². The van der Waals surface area contributed by atoms with Crippen LogP contribution in [0.25, 0.3) is 0 Å². The summed E-state index contributed by atoms with van der Waals surface area (Å²) in [6, 6.07) is 0.407. The van der Waals surface area contributed by atoms with Gasteiger partial charge in [0.05, 0.1) is 4.83 Å². The number of hydrogen-bond donors (Lipinski definition) is 1. The van der Waals surface area contributed by atoms with Crippen molar-refractivity contribution in [1.82, 2.24) is 5.32 Å². The minimum absolute atomic E-state index is 0.0468. The molecule has 0 bridgehead atoms. The Morgan fingerprint density at radius 3 is 2.69 bits per heavy atom. The van der Waals surface area contributed by atoms with Crippen LogP contribution in [0.3, 0.4) is 0 Å². The van der Waals surface area contributed by atoms with Gasteiger partial charge in [0.25, 0.3) is 0 Å². The smallest absolute Gasteiger partial charge is 0.234 e. The standard InChI is InChI=1S/C13H24BrNO/c1-4-10-6-5-7-11(8-10)15-13(16)12(14)9(2)3/h9-12H,4-8H2,1-3H3,(H,15,16). The van der Waals surface area contributed by atoms with Crippen LogP contribution in [-0.2, 0) is 4.79 Å². The Morgan fingerprint density at radius 2 is 2.12 bits per heavy atom. The monoisotopic (exact) mass is 289 g/mol. The highest BCUT2D eigenvalue weighted by Gasteiger charge is 2.25. The maximum atomic E-state index is 11.9. The van der Waals surface area contributed by atoms with Gasteiger partial charge in [-0.05, 0) is 24.7 Å². The zero-order valence-corrected chi connectivity index (χ0v) is 12.2. The summed E-state index contributed by atoms with van der Waals surface area (Å²) in [5.41, 5.74) is 0. The van der Waals surface area contributed by atoms with Crippen LogP contribution in [0.4, 0.5) is 0 Å². The van der Waals surface area contributed by atoms with E-state index in [9.17, 15) is 4.79 Å². The minimum Gasteiger partial charge on any atom is -0.352 e. The molecular formula is C13H24BrNO. The van der Waals surface area contributed by atoms with Crippen molar-refractivity contribution in [2.75, 3.05) is 0 Å². The molecule has 0 radical (unpaired) electrons. The van der Waals surface area contributed by atoms with E-state index in [0.29, 0.717) is 12.0 Å². The number of nitrogens with one attached hydrogen (secondary N) is 1. The van der Waals surface area contributed by atoms with Gasteiger partial charge < -0.3 is 5.32 Å². The predicted octanol–water partition coefficient (Wildman–Crippen LogP) is 3.49. The molecular weight excluding hydrogens is 266 g/mol.